The highest BCUT2D eigenvalue weighted by Gasteiger charge is 2.25. The third-order valence-electron chi connectivity index (χ3n) is 3.47. The minimum Gasteiger partial charge on any atom is -0.377 e. The normalized spacial score (nSPS) is 17.3. The Morgan fingerprint density at radius 2 is 2.00 bits per heavy atom. The van der Waals surface area contributed by atoms with Crippen LogP contribution in [0.15, 0.2) is 36.4 Å². The largest absolute Gasteiger partial charge is 0.377 e. The molecule has 0 heterocycles. The summed E-state index contributed by atoms with van der Waals surface area (Å²) in [5.74, 6) is -0.372. The van der Waals surface area contributed by atoms with Crippen LogP contribution in [0.5, 0.6) is 0 Å². The van der Waals surface area contributed by atoms with Gasteiger partial charge < -0.3 is 5.32 Å². The highest BCUT2D eigenvalue weighted by Crippen LogP contribution is 2.36. The Morgan fingerprint density at radius 1 is 1.16 bits per heavy atom. The third-order valence-corrected chi connectivity index (χ3v) is 4.37. The number of halogens is 3. The Hall–Kier alpha value is -1.17. The molecule has 1 N–H and O–H groups in total. The van der Waals surface area contributed by atoms with Gasteiger partial charge in [-0.05, 0) is 70.8 Å². The average Bonchev–Trinajstić information content (AvgIpc) is 2.78. The number of anilines is 1. The van der Waals surface area contributed by atoms with Crippen LogP contribution in [0.2, 0.25) is 0 Å². The van der Waals surface area contributed by atoms with E-state index in [4.69, 9.17) is 0 Å². The molecule has 98 valence electrons. The first kappa shape index (κ1) is 12.8. The zero-order valence-corrected chi connectivity index (χ0v) is 12.2. The summed E-state index contributed by atoms with van der Waals surface area (Å²) < 4.78 is 27.6. The van der Waals surface area contributed by atoms with Gasteiger partial charge in [0.15, 0.2) is 0 Å². The zero-order chi connectivity index (χ0) is 13.4. The lowest BCUT2D eigenvalue weighted by Gasteiger charge is -2.17. The van der Waals surface area contributed by atoms with Crippen molar-refractivity contribution in [3.63, 3.8) is 0 Å². The number of rotatable bonds is 2. The molecule has 0 saturated carbocycles. The topological polar surface area (TPSA) is 12.0 Å². The SMILES string of the molecule is Fc1ccc(NC2CCc3c(F)cccc32)c(I)c1. The van der Waals surface area contributed by atoms with E-state index < -0.39 is 0 Å². The molecule has 0 bridgehead atoms. The van der Waals surface area contributed by atoms with Gasteiger partial charge in [-0.3, -0.25) is 0 Å². The van der Waals surface area contributed by atoms with Crippen molar-refractivity contribution in [2.24, 2.45) is 0 Å². The maximum Gasteiger partial charge on any atom is 0.126 e. The van der Waals surface area contributed by atoms with Gasteiger partial charge in [-0.2, -0.15) is 0 Å². The van der Waals surface area contributed by atoms with E-state index in [0.717, 1.165) is 33.2 Å². The first-order valence-corrected chi connectivity index (χ1v) is 7.22. The molecule has 0 amide bonds. The lowest BCUT2D eigenvalue weighted by atomic mass is 10.1. The van der Waals surface area contributed by atoms with E-state index >= 15 is 0 Å². The molecule has 0 radical (unpaired) electrons. The lowest BCUT2D eigenvalue weighted by molar-refractivity contribution is 0.612. The Bertz CT molecular complexity index is 628. The first-order chi connectivity index (χ1) is 9.15. The first-order valence-electron chi connectivity index (χ1n) is 6.14. The summed E-state index contributed by atoms with van der Waals surface area (Å²) in [6.07, 6.45) is 1.61. The second-order valence-electron chi connectivity index (χ2n) is 4.67. The van der Waals surface area contributed by atoms with Gasteiger partial charge >= 0.3 is 0 Å². The highest BCUT2D eigenvalue weighted by molar-refractivity contribution is 14.1. The van der Waals surface area contributed by atoms with E-state index in [9.17, 15) is 8.78 Å². The van der Waals surface area contributed by atoms with Gasteiger partial charge in [-0.15, -0.1) is 0 Å². The third kappa shape index (κ3) is 2.45. The summed E-state index contributed by atoms with van der Waals surface area (Å²) in [7, 11) is 0. The molecule has 0 aliphatic heterocycles. The molecule has 19 heavy (non-hydrogen) atoms. The number of fused-ring (bicyclic) bond motifs is 1. The fourth-order valence-electron chi connectivity index (χ4n) is 2.55. The van der Waals surface area contributed by atoms with Crippen LogP contribution < -0.4 is 5.32 Å². The van der Waals surface area contributed by atoms with Crippen LogP contribution in [0, 0.1) is 15.2 Å². The van der Waals surface area contributed by atoms with Crippen molar-refractivity contribution in [2.45, 2.75) is 18.9 Å². The predicted octanol–water partition coefficient (Wildman–Crippen LogP) is 4.67. The van der Waals surface area contributed by atoms with E-state index in [1.165, 1.54) is 18.2 Å². The molecule has 0 fully saturated rings. The van der Waals surface area contributed by atoms with Crippen molar-refractivity contribution in [1.29, 1.82) is 0 Å². The van der Waals surface area contributed by atoms with E-state index in [0.29, 0.717) is 0 Å². The molecule has 3 rings (SSSR count). The zero-order valence-electron chi connectivity index (χ0n) is 10.1. The Kier molecular flexibility index (Phi) is 3.43. The monoisotopic (exact) mass is 371 g/mol. The fourth-order valence-corrected chi connectivity index (χ4v) is 3.19. The van der Waals surface area contributed by atoms with Crippen LogP contribution in [-0.2, 0) is 6.42 Å². The number of benzene rings is 2. The summed E-state index contributed by atoms with van der Waals surface area (Å²) in [6, 6.07) is 9.96. The summed E-state index contributed by atoms with van der Waals surface area (Å²) in [4.78, 5) is 0. The second-order valence-corrected chi connectivity index (χ2v) is 5.83. The maximum absolute atomic E-state index is 13.7. The molecule has 0 saturated heterocycles. The standard InChI is InChI=1S/C15H12F2IN/c16-9-4-6-15(13(18)8-9)19-14-7-5-10-11(14)2-1-3-12(10)17/h1-4,6,8,14,19H,5,7H2. The van der Waals surface area contributed by atoms with Crippen molar-refractivity contribution in [3.05, 3.63) is 62.7 Å². The van der Waals surface area contributed by atoms with Crippen molar-refractivity contribution < 1.29 is 8.78 Å². The van der Waals surface area contributed by atoms with Gasteiger partial charge in [0.1, 0.15) is 11.6 Å². The molecule has 0 aromatic heterocycles. The van der Waals surface area contributed by atoms with Crippen molar-refractivity contribution in [3.8, 4) is 0 Å². The quantitative estimate of drug-likeness (QED) is 0.757. The van der Waals surface area contributed by atoms with E-state index in [2.05, 4.69) is 27.9 Å². The number of hydrogen-bond acceptors (Lipinski definition) is 1. The summed E-state index contributed by atoms with van der Waals surface area (Å²) >= 11 is 2.10. The molecule has 4 heteroatoms. The van der Waals surface area contributed by atoms with E-state index in [-0.39, 0.29) is 17.7 Å². The Labute approximate surface area is 124 Å². The van der Waals surface area contributed by atoms with Crippen molar-refractivity contribution in [1.82, 2.24) is 0 Å². The molecule has 0 spiro atoms. The van der Waals surface area contributed by atoms with Crippen LogP contribution >= 0.6 is 22.6 Å². The van der Waals surface area contributed by atoms with Gasteiger partial charge in [0.25, 0.3) is 0 Å². The van der Waals surface area contributed by atoms with Gasteiger partial charge in [0.05, 0.1) is 6.04 Å². The Morgan fingerprint density at radius 3 is 2.79 bits per heavy atom. The molecular weight excluding hydrogens is 359 g/mol. The molecular formula is C15H12F2IN. The smallest absolute Gasteiger partial charge is 0.126 e. The van der Waals surface area contributed by atoms with E-state index in [1.54, 1.807) is 12.1 Å². The second kappa shape index (κ2) is 5.07. The molecule has 2 aromatic rings. The molecule has 1 nitrogen and oxygen atoms in total. The van der Waals surface area contributed by atoms with Gasteiger partial charge in [0.2, 0.25) is 0 Å². The molecule has 1 aliphatic carbocycles. The van der Waals surface area contributed by atoms with Gasteiger partial charge in [-0.1, -0.05) is 12.1 Å². The predicted molar refractivity (Wildman–Crippen MR) is 80.2 cm³/mol. The molecule has 1 unspecified atom stereocenters. The van der Waals surface area contributed by atoms with Crippen LogP contribution in [0.25, 0.3) is 0 Å². The minimum atomic E-state index is -0.243. The lowest BCUT2D eigenvalue weighted by Crippen LogP contribution is -2.08. The number of nitrogens with one attached hydrogen (secondary N) is 1. The van der Waals surface area contributed by atoms with Crippen LogP contribution in [0.3, 0.4) is 0 Å². The molecule has 1 aliphatic rings. The number of hydrogen-bond donors (Lipinski definition) is 1. The van der Waals surface area contributed by atoms with Gasteiger partial charge in [-0.25, -0.2) is 8.78 Å². The van der Waals surface area contributed by atoms with Gasteiger partial charge in [0, 0.05) is 9.26 Å². The highest BCUT2D eigenvalue weighted by atomic mass is 127. The van der Waals surface area contributed by atoms with E-state index in [1.807, 2.05) is 6.07 Å². The van der Waals surface area contributed by atoms with Crippen LogP contribution in [0.1, 0.15) is 23.6 Å². The molecule has 1 atom stereocenters. The van der Waals surface area contributed by atoms with Crippen LogP contribution in [0.4, 0.5) is 14.5 Å². The Balaban J connectivity index is 1.89. The summed E-state index contributed by atoms with van der Waals surface area (Å²) in [6.45, 7) is 0. The van der Waals surface area contributed by atoms with Crippen molar-refractivity contribution >= 4 is 28.3 Å². The average molecular weight is 371 g/mol. The van der Waals surface area contributed by atoms with Crippen molar-refractivity contribution in [2.75, 3.05) is 5.32 Å². The van der Waals surface area contributed by atoms with Crippen LogP contribution in [-0.4, -0.2) is 0 Å². The summed E-state index contributed by atoms with van der Waals surface area (Å²) in [5.41, 5.74) is 2.71. The minimum absolute atomic E-state index is 0.102. The molecule has 2 aromatic carbocycles. The summed E-state index contributed by atoms with van der Waals surface area (Å²) in [5, 5.41) is 3.38. The maximum atomic E-state index is 13.7. The fraction of sp³-hybridized carbons (Fsp3) is 0.200.